The van der Waals surface area contributed by atoms with Crippen LogP contribution in [0.1, 0.15) is 15.9 Å². The van der Waals surface area contributed by atoms with Crippen molar-refractivity contribution in [3.63, 3.8) is 0 Å². The van der Waals surface area contributed by atoms with Crippen LogP contribution in [0, 0.1) is 10.1 Å². The number of hydrogen-bond donors (Lipinski definition) is 0. The molecule has 0 bridgehead atoms. The summed E-state index contributed by atoms with van der Waals surface area (Å²) in [6.45, 7) is 0. The minimum absolute atomic E-state index is 0.137. The Balaban J connectivity index is 2.01. The van der Waals surface area contributed by atoms with E-state index in [0.29, 0.717) is 6.16 Å². The van der Waals surface area contributed by atoms with E-state index in [4.69, 9.17) is 4.74 Å². The summed E-state index contributed by atoms with van der Waals surface area (Å²) in [5.74, 6) is -0.582. The third kappa shape index (κ3) is 4.41. The number of nitrogens with zero attached hydrogens (tertiary/aromatic N) is 1. The number of nitro groups is 1. The lowest BCUT2D eigenvalue weighted by atomic mass is 10.1. The van der Waals surface area contributed by atoms with Gasteiger partial charge in [-0.05, 0) is 42.5 Å². The molecule has 4 aromatic carbocycles. The zero-order valence-corrected chi connectivity index (χ0v) is 19.0. The van der Waals surface area contributed by atoms with E-state index in [0.717, 1.165) is 21.5 Å². The molecule has 0 atom stereocenters. The van der Waals surface area contributed by atoms with Gasteiger partial charge >= 0.3 is 5.97 Å². The Morgan fingerprint density at radius 1 is 0.788 bits per heavy atom. The van der Waals surface area contributed by atoms with Gasteiger partial charge in [-0.3, -0.25) is 10.1 Å². The third-order valence-electron chi connectivity index (χ3n) is 5.71. The predicted octanol–water partition coefficient (Wildman–Crippen LogP) is 4.88. The lowest BCUT2D eigenvalue weighted by Gasteiger charge is -2.28. The van der Waals surface area contributed by atoms with Gasteiger partial charge in [-0.25, -0.2) is 4.79 Å². The molecule has 5 nitrogen and oxygen atoms in total. The fraction of sp³-hybridized carbons (Fsp3) is 0.0741. The van der Waals surface area contributed by atoms with E-state index >= 15 is 0 Å². The SMILES string of the molecule is COC(=O)c1cc([N+](=O)[O-])ccc1C[P+](c1ccccc1)(c1ccccc1)c1ccccc1. The molecule has 0 aromatic heterocycles. The van der Waals surface area contributed by atoms with Crippen molar-refractivity contribution in [2.75, 3.05) is 7.11 Å². The molecule has 164 valence electrons. The zero-order valence-electron chi connectivity index (χ0n) is 18.1. The van der Waals surface area contributed by atoms with E-state index in [1.54, 1.807) is 6.07 Å². The summed E-state index contributed by atoms with van der Waals surface area (Å²) in [4.78, 5) is 23.6. The summed E-state index contributed by atoms with van der Waals surface area (Å²) in [6, 6.07) is 35.3. The first-order chi connectivity index (χ1) is 16.1. The Bertz CT molecular complexity index is 1160. The maximum absolute atomic E-state index is 12.7. The van der Waals surface area contributed by atoms with Crippen molar-refractivity contribution in [1.82, 2.24) is 0 Å². The number of rotatable bonds is 7. The maximum Gasteiger partial charge on any atom is 0.338 e. The van der Waals surface area contributed by atoms with Crippen LogP contribution < -0.4 is 15.9 Å². The molecule has 0 spiro atoms. The summed E-state index contributed by atoms with van der Waals surface area (Å²) >= 11 is 0. The largest absolute Gasteiger partial charge is 0.465 e. The van der Waals surface area contributed by atoms with Gasteiger partial charge in [0.1, 0.15) is 23.2 Å². The van der Waals surface area contributed by atoms with E-state index < -0.39 is 18.2 Å². The number of carbonyl (C=O) groups is 1. The van der Waals surface area contributed by atoms with Gasteiger partial charge < -0.3 is 4.74 Å². The minimum atomic E-state index is -2.27. The van der Waals surface area contributed by atoms with Gasteiger partial charge in [0.25, 0.3) is 5.69 Å². The number of methoxy groups -OCH3 is 1. The van der Waals surface area contributed by atoms with E-state index in [1.165, 1.54) is 19.2 Å². The fourth-order valence-corrected chi connectivity index (χ4v) is 8.41. The molecule has 0 saturated heterocycles. The van der Waals surface area contributed by atoms with Crippen LogP contribution in [0.3, 0.4) is 0 Å². The number of carbonyl (C=O) groups excluding carboxylic acids is 1. The van der Waals surface area contributed by atoms with E-state index in [1.807, 2.05) is 54.6 Å². The molecule has 4 aromatic rings. The van der Waals surface area contributed by atoms with Crippen molar-refractivity contribution >= 4 is 34.8 Å². The van der Waals surface area contributed by atoms with Gasteiger partial charge in [0, 0.05) is 17.7 Å². The number of nitro benzene ring substituents is 1. The van der Waals surface area contributed by atoms with Crippen molar-refractivity contribution in [1.29, 1.82) is 0 Å². The molecule has 6 heteroatoms. The maximum atomic E-state index is 12.7. The average Bonchev–Trinajstić information content (AvgIpc) is 2.88. The molecule has 33 heavy (non-hydrogen) atoms. The zero-order chi connectivity index (χ0) is 23.3. The molecule has 0 aliphatic heterocycles. The number of ether oxygens (including phenoxy) is 1. The smallest absolute Gasteiger partial charge is 0.338 e. The van der Waals surface area contributed by atoms with Gasteiger partial charge in [0.05, 0.1) is 23.8 Å². The van der Waals surface area contributed by atoms with Gasteiger partial charge in [0.15, 0.2) is 0 Å². The second-order valence-corrected chi connectivity index (χ2v) is 11.0. The molecule has 0 fully saturated rings. The van der Waals surface area contributed by atoms with Crippen molar-refractivity contribution in [3.05, 3.63) is 130 Å². The number of esters is 1. The Morgan fingerprint density at radius 2 is 1.24 bits per heavy atom. The molecule has 0 N–H and O–H groups in total. The van der Waals surface area contributed by atoms with Crippen LogP contribution in [0.4, 0.5) is 5.69 Å². The van der Waals surface area contributed by atoms with Gasteiger partial charge in [-0.15, -0.1) is 0 Å². The summed E-state index contributed by atoms with van der Waals surface area (Å²) in [5, 5.41) is 14.9. The van der Waals surface area contributed by atoms with Crippen LogP contribution in [0.2, 0.25) is 0 Å². The highest BCUT2D eigenvalue weighted by atomic mass is 31.2. The molecule has 0 heterocycles. The Hall–Kier alpha value is -3.82. The second kappa shape index (κ2) is 9.76. The Morgan fingerprint density at radius 3 is 1.64 bits per heavy atom. The third-order valence-corrected chi connectivity index (χ3v) is 10.1. The molecule has 0 aliphatic rings. The fourth-order valence-electron chi connectivity index (χ4n) is 4.14. The first-order valence-electron chi connectivity index (χ1n) is 10.5. The molecule has 0 radical (unpaired) electrons. The molecule has 4 rings (SSSR count). The van der Waals surface area contributed by atoms with Gasteiger partial charge in [-0.2, -0.15) is 0 Å². The Labute approximate surface area is 193 Å². The number of non-ortho nitro benzene ring substituents is 1. The van der Waals surface area contributed by atoms with Crippen molar-refractivity contribution in [3.8, 4) is 0 Å². The van der Waals surface area contributed by atoms with Crippen LogP contribution in [-0.2, 0) is 10.9 Å². The minimum Gasteiger partial charge on any atom is -0.465 e. The van der Waals surface area contributed by atoms with E-state index in [2.05, 4.69) is 36.4 Å². The number of hydrogen-bond acceptors (Lipinski definition) is 4. The highest BCUT2D eigenvalue weighted by Crippen LogP contribution is 2.58. The first kappa shape index (κ1) is 22.4. The molecule has 0 unspecified atom stereocenters. The highest BCUT2D eigenvalue weighted by molar-refractivity contribution is 7.95. The predicted molar refractivity (Wildman–Crippen MR) is 133 cm³/mol. The lowest BCUT2D eigenvalue weighted by Crippen LogP contribution is -2.32. The summed E-state index contributed by atoms with van der Waals surface area (Å²) in [5.41, 5.74) is 0.804. The summed E-state index contributed by atoms with van der Waals surface area (Å²) < 4.78 is 4.99. The average molecular weight is 456 g/mol. The molecule has 0 aliphatic carbocycles. The van der Waals surface area contributed by atoms with Crippen LogP contribution >= 0.6 is 7.26 Å². The van der Waals surface area contributed by atoms with Crippen LogP contribution in [-0.4, -0.2) is 18.0 Å². The van der Waals surface area contributed by atoms with Crippen molar-refractivity contribution in [2.24, 2.45) is 0 Å². The van der Waals surface area contributed by atoms with Gasteiger partial charge in [-0.1, -0.05) is 54.6 Å². The second-order valence-electron chi connectivity index (χ2n) is 7.56. The highest BCUT2D eigenvalue weighted by Gasteiger charge is 2.46. The standard InChI is InChI=1S/C27H23NO4P/c1-32-27(29)26-19-22(28(30)31)18-17-21(26)20-33(23-11-5-2-6-12-23,24-13-7-3-8-14-24)25-15-9-4-10-16-25/h2-19H,20H2,1H3/q+1. The van der Waals surface area contributed by atoms with Crippen LogP contribution in [0.25, 0.3) is 0 Å². The Kier molecular flexibility index (Phi) is 6.62. The summed E-state index contributed by atoms with van der Waals surface area (Å²) in [6.07, 6.45) is 0.521. The number of benzene rings is 4. The van der Waals surface area contributed by atoms with E-state index in [9.17, 15) is 14.9 Å². The first-order valence-corrected chi connectivity index (χ1v) is 12.4. The van der Waals surface area contributed by atoms with Crippen molar-refractivity contribution < 1.29 is 14.5 Å². The van der Waals surface area contributed by atoms with Crippen molar-refractivity contribution in [2.45, 2.75) is 6.16 Å². The van der Waals surface area contributed by atoms with Crippen LogP contribution in [0.5, 0.6) is 0 Å². The molecule has 0 amide bonds. The quantitative estimate of drug-likeness (QED) is 0.172. The van der Waals surface area contributed by atoms with Crippen LogP contribution in [0.15, 0.2) is 109 Å². The topological polar surface area (TPSA) is 69.4 Å². The molecular formula is C27H23NO4P+. The van der Waals surface area contributed by atoms with Gasteiger partial charge in [0.2, 0.25) is 0 Å². The molecular weight excluding hydrogens is 433 g/mol. The lowest BCUT2D eigenvalue weighted by molar-refractivity contribution is -0.384. The van der Waals surface area contributed by atoms with E-state index in [-0.39, 0.29) is 11.3 Å². The summed E-state index contributed by atoms with van der Waals surface area (Å²) in [7, 11) is -0.978. The monoisotopic (exact) mass is 456 g/mol. The normalized spacial score (nSPS) is 11.1. The molecule has 0 saturated carbocycles.